The molecule has 0 amide bonds. The van der Waals surface area contributed by atoms with Gasteiger partial charge in [0.25, 0.3) is 0 Å². The van der Waals surface area contributed by atoms with E-state index in [1.807, 2.05) is 48.8 Å². The van der Waals surface area contributed by atoms with E-state index in [1.54, 1.807) is 0 Å². The fourth-order valence-electron chi connectivity index (χ4n) is 5.69. The molecule has 0 unspecified atom stereocenters. The Hall–Kier alpha value is -6.00. The van der Waals surface area contributed by atoms with Crippen LogP contribution in [0.15, 0.2) is 158 Å². The van der Waals surface area contributed by atoms with Crippen LogP contribution in [-0.4, -0.2) is 19.9 Å². The third kappa shape index (κ3) is 4.99. The Kier molecular flexibility index (Phi) is 6.43. The fraction of sp³-hybridized carbons (Fsp3) is 0. The number of benzene rings is 5. The molecular weight excluding hydrogens is 536 g/mol. The maximum absolute atomic E-state index is 5.19. The van der Waals surface area contributed by atoms with Crippen molar-refractivity contribution < 1.29 is 0 Å². The standard InChI is InChI=1S/C40H26N4/c1-3-11-29-21-31(17-15-27(29)9-1)38-26-39(32-18-16-28-10-2-4-12-30(28)22-32)44-40(43-38)35-24-33(36-13-5-7-19-41-36)23-34(25-35)37-14-6-8-20-42-37/h1-26H. The van der Waals surface area contributed by atoms with Crippen LogP contribution in [0.5, 0.6) is 0 Å². The molecule has 0 aliphatic heterocycles. The molecule has 0 atom stereocenters. The van der Waals surface area contributed by atoms with Crippen LogP contribution < -0.4 is 0 Å². The summed E-state index contributed by atoms with van der Waals surface area (Å²) in [6.45, 7) is 0. The van der Waals surface area contributed by atoms with Crippen molar-refractivity contribution in [2.75, 3.05) is 0 Å². The third-order valence-corrected chi connectivity index (χ3v) is 7.93. The van der Waals surface area contributed by atoms with Crippen LogP contribution in [0.3, 0.4) is 0 Å². The van der Waals surface area contributed by atoms with Crippen molar-refractivity contribution in [3.63, 3.8) is 0 Å². The van der Waals surface area contributed by atoms with Gasteiger partial charge in [0.05, 0.1) is 22.8 Å². The Morgan fingerprint density at radius 2 is 0.750 bits per heavy atom. The molecule has 5 aromatic carbocycles. The van der Waals surface area contributed by atoms with Gasteiger partial charge >= 0.3 is 0 Å². The lowest BCUT2D eigenvalue weighted by Gasteiger charge is -2.13. The van der Waals surface area contributed by atoms with Gasteiger partial charge in [0.2, 0.25) is 0 Å². The lowest BCUT2D eigenvalue weighted by molar-refractivity contribution is 1.18. The second kappa shape index (κ2) is 11.0. The van der Waals surface area contributed by atoms with E-state index in [9.17, 15) is 0 Å². The molecule has 0 fully saturated rings. The zero-order valence-electron chi connectivity index (χ0n) is 23.8. The maximum Gasteiger partial charge on any atom is 0.160 e. The summed E-state index contributed by atoms with van der Waals surface area (Å²) in [6.07, 6.45) is 3.63. The van der Waals surface area contributed by atoms with Crippen molar-refractivity contribution in [1.82, 2.24) is 19.9 Å². The van der Waals surface area contributed by atoms with E-state index in [4.69, 9.17) is 9.97 Å². The van der Waals surface area contributed by atoms with Crippen LogP contribution in [0, 0.1) is 0 Å². The molecule has 4 heteroatoms. The summed E-state index contributed by atoms with van der Waals surface area (Å²) in [5, 5.41) is 4.74. The van der Waals surface area contributed by atoms with Gasteiger partial charge in [-0.3, -0.25) is 9.97 Å². The zero-order valence-corrected chi connectivity index (χ0v) is 23.8. The number of rotatable bonds is 5. The minimum atomic E-state index is 0.647. The number of aromatic nitrogens is 4. The van der Waals surface area contributed by atoms with Gasteiger partial charge in [-0.1, -0.05) is 84.9 Å². The second-order valence-electron chi connectivity index (χ2n) is 10.8. The minimum Gasteiger partial charge on any atom is -0.256 e. The van der Waals surface area contributed by atoms with Gasteiger partial charge in [0.1, 0.15) is 0 Å². The first-order chi connectivity index (χ1) is 21.8. The van der Waals surface area contributed by atoms with E-state index >= 15 is 0 Å². The molecule has 8 aromatic rings. The van der Waals surface area contributed by atoms with Gasteiger partial charge in [-0.15, -0.1) is 0 Å². The first-order valence-corrected chi connectivity index (χ1v) is 14.6. The summed E-state index contributed by atoms with van der Waals surface area (Å²) in [6, 6.07) is 50.2. The normalized spacial score (nSPS) is 11.2. The molecule has 3 heterocycles. The van der Waals surface area contributed by atoms with Gasteiger partial charge in [0.15, 0.2) is 5.82 Å². The predicted molar refractivity (Wildman–Crippen MR) is 180 cm³/mol. The van der Waals surface area contributed by atoms with Crippen molar-refractivity contribution in [2.24, 2.45) is 0 Å². The topological polar surface area (TPSA) is 51.6 Å². The summed E-state index contributed by atoms with van der Waals surface area (Å²) in [5.74, 6) is 0.647. The molecule has 3 aromatic heterocycles. The van der Waals surface area contributed by atoms with Crippen molar-refractivity contribution >= 4 is 21.5 Å². The van der Waals surface area contributed by atoms with Gasteiger partial charge in [-0.05, 0) is 82.2 Å². The van der Waals surface area contributed by atoms with Crippen molar-refractivity contribution in [2.45, 2.75) is 0 Å². The van der Waals surface area contributed by atoms with E-state index in [2.05, 4.69) is 119 Å². The molecule has 0 aliphatic rings. The van der Waals surface area contributed by atoms with Gasteiger partial charge in [-0.25, -0.2) is 9.97 Å². The number of pyridine rings is 2. The second-order valence-corrected chi connectivity index (χ2v) is 10.8. The number of nitrogens with zero attached hydrogens (tertiary/aromatic N) is 4. The molecule has 0 saturated heterocycles. The van der Waals surface area contributed by atoms with Crippen molar-refractivity contribution in [3.05, 3.63) is 158 Å². The largest absolute Gasteiger partial charge is 0.256 e. The molecule has 0 aliphatic carbocycles. The van der Waals surface area contributed by atoms with E-state index in [0.717, 1.165) is 50.6 Å². The molecule has 0 radical (unpaired) electrons. The monoisotopic (exact) mass is 562 g/mol. The summed E-state index contributed by atoms with van der Waals surface area (Å²) >= 11 is 0. The summed E-state index contributed by atoms with van der Waals surface area (Å²) < 4.78 is 0. The molecule has 206 valence electrons. The maximum atomic E-state index is 5.19. The Morgan fingerprint density at radius 3 is 1.23 bits per heavy atom. The molecule has 4 nitrogen and oxygen atoms in total. The average molecular weight is 563 g/mol. The molecule has 0 bridgehead atoms. The highest BCUT2D eigenvalue weighted by Crippen LogP contribution is 2.34. The Balaban J connectivity index is 1.36. The highest BCUT2D eigenvalue weighted by Gasteiger charge is 2.15. The first kappa shape index (κ1) is 25.7. The molecule has 0 saturated carbocycles. The van der Waals surface area contributed by atoms with Crippen LogP contribution in [0.2, 0.25) is 0 Å². The smallest absolute Gasteiger partial charge is 0.160 e. The minimum absolute atomic E-state index is 0.647. The SMILES string of the molecule is c1ccc(-c2cc(-c3ccccn3)cc(-c3nc(-c4ccc5ccccc5c4)cc(-c4ccc5ccccc5c4)n3)c2)nc1. The fourth-order valence-corrected chi connectivity index (χ4v) is 5.69. The van der Waals surface area contributed by atoms with Gasteiger partial charge in [0, 0.05) is 40.2 Å². The van der Waals surface area contributed by atoms with E-state index < -0.39 is 0 Å². The van der Waals surface area contributed by atoms with Crippen LogP contribution >= 0.6 is 0 Å². The Labute approximate surface area is 255 Å². The molecule has 44 heavy (non-hydrogen) atoms. The van der Waals surface area contributed by atoms with Crippen LogP contribution in [0.1, 0.15) is 0 Å². The van der Waals surface area contributed by atoms with E-state index in [1.165, 1.54) is 21.5 Å². The van der Waals surface area contributed by atoms with Crippen LogP contribution in [0.4, 0.5) is 0 Å². The third-order valence-electron chi connectivity index (χ3n) is 7.93. The predicted octanol–water partition coefficient (Wildman–Crippen LogP) is 9.91. The van der Waals surface area contributed by atoms with Crippen molar-refractivity contribution in [3.8, 4) is 56.4 Å². The van der Waals surface area contributed by atoms with Gasteiger partial charge < -0.3 is 0 Å². The average Bonchev–Trinajstić information content (AvgIpc) is 3.11. The highest BCUT2D eigenvalue weighted by atomic mass is 14.9. The van der Waals surface area contributed by atoms with Crippen LogP contribution in [-0.2, 0) is 0 Å². The Morgan fingerprint density at radius 1 is 0.295 bits per heavy atom. The molecular formula is C40H26N4. The zero-order chi connectivity index (χ0) is 29.3. The highest BCUT2D eigenvalue weighted by molar-refractivity contribution is 5.89. The van der Waals surface area contributed by atoms with E-state index in [0.29, 0.717) is 5.82 Å². The number of hydrogen-bond donors (Lipinski definition) is 0. The molecule has 8 rings (SSSR count). The number of hydrogen-bond acceptors (Lipinski definition) is 4. The lowest BCUT2D eigenvalue weighted by atomic mass is 9.99. The molecule has 0 N–H and O–H groups in total. The quantitative estimate of drug-likeness (QED) is 0.209. The lowest BCUT2D eigenvalue weighted by Crippen LogP contribution is -1.97. The first-order valence-electron chi connectivity index (χ1n) is 14.6. The number of fused-ring (bicyclic) bond motifs is 2. The molecule has 0 spiro atoms. The summed E-state index contributed by atoms with van der Waals surface area (Å²) in [7, 11) is 0. The Bertz CT molecular complexity index is 2120. The summed E-state index contributed by atoms with van der Waals surface area (Å²) in [4.78, 5) is 19.7. The van der Waals surface area contributed by atoms with Crippen molar-refractivity contribution in [1.29, 1.82) is 0 Å². The van der Waals surface area contributed by atoms with E-state index in [-0.39, 0.29) is 0 Å². The van der Waals surface area contributed by atoms with Crippen LogP contribution in [0.25, 0.3) is 78.0 Å². The summed E-state index contributed by atoms with van der Waals surface area (Å²) in [5.41, 5.74) is 8.45. The van der Waals surface area contributed by atoms with Gasteiger partial charge in [-0.2, -0.15) is 0 Å².